The van der Waals surface area contributed by atoms with E-state index in [0.29, 0.717) is 0 Å². The highest BCUT2D eigenvalue weighted by molar-refractivity contribution is 6.21. The summed E-state index contributed by atoms with van der Waals surface area (Å²) < 4.78 is 0. The third-order valence-corrected chi connectivity index (χ3v) is 5.94. The molecule has 0 bridgehead atoms. The minimum absolute atomic E-state index is 0.267. The highest BCUT2D eigenvalue weighted by Gasteiger charge is 2.17. The van der Waals surface area contributed by atoms with Gasteiger partial charge in [-0.25, -0.2) is 0 Å². The van der Waals surface area contributed by atoms with E-state index in [-0.39, 0.29) is 11.5 Å². The fraction of sp³-hybridized carbons (Fsp3) is 0.103. The molecule has 5 aromatic carbocycles. The van der Waals surface area contributed by atoms with Crippen molar-refractivity contribution in [3.05, 3.63) is 96.6 Å². The molecular weight excluding hydrogens is 380 g/mol. The molecule has 0 aliphatic heterocycles. The van der Waals surface area contributed by atoms with Gasteiger partial charge >= 0.3 is 0 Å². The van der Waals surface area contributed by atoms with Crippen molar-refractivity contribution < 1.29 is 10.2 Å². The van der Waals surface area contributed by atoms with E-state index >= 15 is 0 Å². The van der Waals surface area contributed by atoms with Crippen LogP contribution in [0.4, 0.5) is 0 Å². The molecule has 0 aliphatic carbocycles. The Morgan fingerprint density at radius 2 is 1.03 bits per heavy atom. The summed E-state index contributed by atoms with van der Waals surface area (Å²) in [6.07, 6.45) is 2.13. The van der Waals surface area contributed by atoms with E-state index in [2.05, 4.69) is 49.4 Å². The largest absolute Gasteiger partial charge is 0.508 e. The Kier molecular flexibility index (Phi) is 4.83. The highest BCUT2D eigenvalue weighted by Crippen LogP contribution is 2.44. The molecule has 0 amide bonds. The van der Waals surface area contributed by atoms with Crippen LogP contribution in [0.15, 0.2) is 91.0 Å². The standard InChI is InChI=1S/C29H24O2/c1-2-5-19-8-17-26-27(18-19)29(21-11-15-23(31)16-12-21)25-7-4-3-6-24(25)28(26)20-9-13-22(30)14-10-20/h3-4,6-18,30-31H,2,5H2,1H3. The summed E-state index contributed by atoms with van der Waals surface area (Å²) in [6.45, 7) is 2.20. The molecule has 0 saturated heterocycles. The zero-order chi connectivity index (χ0) is 21.4. The van der Waals surface area contributed by atoms with Crippen LogP contribution in [0, 0.1) is 0 Å². The Hall–Kier alpha value is -3.78. The van der Waals surface area contributed by atoms with Crippen molar-refractivity contribution in [3.63, 3.8) is 0 Å². The van der Waals surface area contributed by atoms with Gasteiger partial charge in [0.25, 0.3) is 0 Å². The first-order chi connectivity index (χ1) is 15.2. The molecule has 0 unspecified atom stereocenters. The number of fused-ring (bicyclic) bond motifs is 2. The van der Waals surface area contributed by atoms with Gasteiger partial charge in [0, 0.05) is 0 Å². The summed E-state index contributed by atoms with van der Waals surface area (Å²) >= 11 is 0. The lowest BCUT2D eigenvalue weighted by molar-refractivity contribution is 0.475. The van der Waals surface area contributed by atoms with Crippen molar-refractivity contribution in [2.75, 3.05) is 0 Å². The molecule has 0 fully saturated rings. The number of aromatic hydroxyl groups is 2. The molecule has 0 atom stereocenters. The summed E-state index contributed by atoms with van der Waals surface area (Å²) in [4.78, 5) is 0. The summed E-state index contributed by atoms with van der Waals surface area (Å²) in [7, 11) is 0. The smallest absolute Gasteiger partial charge is 0.115 e. The molecule has 152 valence electrons. The number of rotatable bonds is 4. The van der Waals surface area contributed by atoms with E-state index in [1.165, 1.54) is 38.2 Å². The topological polar surface area (TPSA) is 40.5 Å². The molecule has 2 nitrogen and oxygen atoms in total. The van der Waals surface area contributed by atoms with Gasteiger partial charge in [-0.2, -0.15) is 0 Å². The van der Waals surface area contributed by atoms with Gasteiger partial charge in [0.05, 0.1) is 0 Å². The van der Waals surface area contributed by atoms with Crippen LogP contribution in [0.5, 0.6) is 11.5 Å². The average Bonchev–Trinajstić information content (AvgIpc) is 2.79. The third-order valence-electron chi connectivity index (χ3n) is 5.94. The van der Waals surface area contributed by atoms with Gasteiger partial charge in [0.1, 0.15) is 11.5 Å². The van der Waals surface area contributed by atoms with Crippen molar-refractivity contribution in [3.8, 4) is 33.8 Å². The molecular formula is C29H24O2. The molecule has 0 radical (unpaired) electrons. The van der Waals surface area contributed by atoms with Crippen LogP contribution in [-0.4, -0.2) is 10.2 Å². The summed E-state index contributed by atoms with van der Waals surface area (Å²) in [6, 6.07) is 30.2. The Morgan fingerprint density at radius 3 is 1.55 bits per heavy atom. The fourth-order valence-electron chi connectivity index (χ4n) is 4.55. The maximum absolute atomic E-state index is 9.84. The van der Waals surface area contributed by atoms with Crippen LogP contribution in [0.2, 0.25) is 0 Å². The summed E-state index contributed by atoms with van der Waals surface area (Å²) in [5, 5.41) is 24.4. The van der Waals surface area contributed by atoms with Gasteiger partial charge in [-0.3, -0.25) is 0 Å². The molecule has 31 heavy (non-hydrogen) atoms. The van der Waals surface area contributed by atoms with Gasteiger partial charge in [-0.15, -0.1) is 0 Å². The van der Waals surface area contributed by atoms with E-state index in [9.17, 15) is 10.2 Å². The molecule has 5 rings (SSSR count). The number of hydrogen-bond donors (Lipinski definition) is 2. The Labute approximate surface area is 182 Å². The second-order valence-corrected chi connectivity index (χ2v) is 8.02. The fourth-order valence-corrected chi connectivity index (χ4v) is 4.55. The van der Waals surface area contributed by atoms with Crippen molar-refractivity contribution >= 4 is 21.5 Å². The number of benzene rings is 5. The molecule has 0 heterocycles. The second-order valence-electron chi connectivity index (χ2n) is 8.02. The SMILES string of the molecule is CCCc1ccc2c(-c3ccc(O)cc3)c3ccccc3c(-c3ccc(O)cc3)c2c1. The quantitative estimate of drug-likeness (QED) is 0.301. The van der Waals surface area contributed by atoms with Crippen molar-refractivity contribution in [1.29, 1.82) is 0 Å². The van der Waals surface area contributed by atoms with Gasteiger partial charge in [-0.1, -0.05) is 80.1 Å². The first-order valence-corrected chi connectivity index (χ1v) is 10.7. The van der Waals surface area contributed by atoms with Crippen LogP contribution in [0.1, 0.15) is 18.9 Å². The molecule has 0 saturated carbocycles. The molecule has 2 N–H and O–H groups in total. The Bertz CT molecular complexity index is 1380. The van der Waals surface area contributed by atoms with Gasteiger partial charge in [0.15, 0.2) is 0 Å². The summed E-state index contributed by atoms with van der Waals surface area (Å²) in [5.74, 6) is 0.535. The molecule has 0 aliphatic rings. The number of phenolic OH excluding ortho intramolecular Hbond substituents is 2. The molecule has 5 aromatic rings. The summed E-state index contributed by atoms with van der Waals surface area (Å²) in [5.41, 5.74) is 5.86. The van der Waals surface area contributed by atoms with E-state index in [1.807, 2.05) is 24.3 Å². The third kappa shape index (κ3) is 3.40. The number of hydrogen-bond acceptors (Lipinski definition) is 2. The first kappa shape index (κ1) is 19.2. The monoisotopic (exact) mass is 404 g/mol. The predicted octanol–water partition coefficient (Wildman–Crippen LogP) is 7.69. The lowest BCUT2D eigenvalue weighted by atomic mass is 9.85. The van der Waals surface area contributed by atoms with Crippen LogP contribution < -0.4 is 0 Å². The average molecular weight is 405 g/mol. The highest BCUT2D eigenvalue weighted by atomic mass is 16.3. The first-order valence-electron chi connectivity index (χ1n) is 10.7. The molecule has 0 spiro atoms. The van der Waals surface area contributed by atoms with E-state index in [1.54, 1.807) is 24.3 Å². The van der Waals surface area contributed by atoms with Crippen molar-refractivity contribution in [2.45, 2.75) is 19.8 Å². The normalized spacial score (nSPS) is 11.3. The van der Waals surface area contributed by atoms with Gasteiger partial charge < -0.3 is 10.2 Å². The number of phenols is 2. The van der Waals surface area contributed by atoms with Crippen molar-refractivity contribution in [1.82, 2.24) is 0 Å². The number of aryl methyl sites for hydroxylation is 1. The Balaban J connectivity index is 1.95. The Morgan fingerprint density at radius 1 is 0.548 bits per heavy atom. The molecule has 2 heteroatoms. The van der Waals surface area contributed by atoms with Crippen LogP contribution in [0.25, 0.3) is 43.8 Å². The zero-order valence-electron chi connectivity index (χ0n) is 17.5. The maximum atomic E-state index is 9.84. The van der Waals surface area contributed by atoms with Gasteiger partial charge in [-0.05, 0) is 80.0 Å². The van der Waals surface area contributed by atoms with Crippen LogP contribution in [-0.2, 0) is 6.42 Å². The van der Waals surface area contributed by atoms with E-state index in [4.69, 9.17) is 0 Å². The van der Waals surface area contributed by atoms with E-state index < -0.39 is 0 Å². The zero-order valence-corrected chi connectivity index (χ0v) is 17.5. The van der Waals surface area contributed by atoms with Crippen LogP contribution in [0.3, 0.4) is 0 Å². The minimum Gasteiger partial charge on any atom is -0.508 e. The lowest BCUT2D eigenvalue weighted by Gasteiger charge is -2.18. The predicted molar refractivity (Wildman–Crippen MR) is 130 cm³/mol. The second kappa shape index (κ2) is 7.81. The van der Waals surface area contributed by atoms with Crippen molar-refractivity contribution in [2.24, 2.45) is 0 Å². The lowest BCUT2D eigenvalue weighted by Crippen LogP contribution is -1.92. The van der Waals surface area contributed by atoms with Crippen LogP contribution >= 0.6 is 0 Å². The van der Waals surface area contributed by atoms with Gasteiger partial charge in [0.2, 0.25) is 0 Å². The minimum atomic E-state index is 0.267. The molecule has 0 aromatic heterocycles. The van der Waals surface area contributed by atoms with E-state index in [0.717, 1.165) is 24.0 Å². The maximum Gasteiger partial charge on any atom is 0.115 e.